The summed E-state index contributed by atoms with van der Waals surface area (Å²) in [5, 5.41) is 0. The van der Waals surface area contributed by atoms with Crippen LogP contribution in [0.25, 0.3) is 0 Å². The molecule has 3 rings (SSSR count). The Morgan fingerprint density at radius 3 is 2.42 bits per heavy atom. The van der Waals surface area contributed by atoms with E-state index in [0.29, 0.717) is 5.76 Å². The highest BCUT2D eigenvalue weighted by Crippen LogP contribution is 2.26. The van der Waals surface area contributed by atoms with Crippen LogP contribution in [0.15, 0.2) is 16.5 Å². The van der Waals surface area contributed by atoms with Gasteiger partial charge in [-0.15, -0.1) is 0 Å². The Hall–Kier alpha value is -1.29. The van der Waals surface area contributed by atoms with E-state index in [1.807, 2.05) is 6.07 Å². The highest BCUT2D eigenvalue weighted by Gasteiger charge is 2.27. The molecule has 0 radical (unpaired) electrons. The number of nitrogens with zero attached hydrogens (tertiary/aromatic N) is 2. The lowest BCUT2D eigenvalue weighted by Crippen LogP contribution is -2.49. The lowest BCUT2D eigenvalue weighted by atomic mass is 10.2. The zero-order chi connectivity index (χ0) is 13.2. The summed E-state index contributed by atoms with van der Waals surface area (Å²) in [4.78, 5) is 16.1. The van der Waals surface area contributed by atoms with Crippen LogP contribution in [-0.4, -0.2) is 42.9 Å². The van der Waals surface area contributed by atoms with E-state index in [2.05, 4.69) is 9.80 Å². The standard InChI is InChI=1S/C15H22N2O2/c1-12(18)14-6-7-15(19-14)17-10-8-16(9-11-17)13-4-2-3-5-13/h6-7,13H,2-5,8-11H2,1H3. The second-order valence-electron chi connectivity index (χ2n) is 5.66. The topological polar surface area (TPSA) is 36.7 Å². The predicted octanol–water partition coefficient (Wildman–Crippen LogP) is 2.55. The molecule has 4 heteroatoms. The van der Waals surface area contributed by atoms with E-state index in [1.165, 1.54) is 25.7 Å². The smallest absolute Gasteiger partial charge is 0.196 e. The van der Waals surface area contributed by atoms with Gasteiger partial charge in [0.25, 0.3) is 0 Å². The maximum atomic E-state index is 11.2. The number of piperazine rings is 1. The van der Waals surface area contributed by atoms with Gasteiger partial charge in [0, 0.05) is 45.2 Å². The molecule has 19 heavy (non-hydrogen) atoms. The molecule has 0 aromatic carbocycles. The van der Waals surface area contributed by atoms with E-state index in [4.69, 9.17) is 4.42 Å². The van der Waals surface area contributed by atoms with Crippen molar-refractivity contribution in [3.8, 4) is 0 Å². The first-order chi connectivity index (χ1) is 9.24. The van der Waals surface area contributed by atoms with E-state index in [1.54, 1.807) is 13.0 Å². The molecule has 0 unspecified atom stereocenters. The lowest BCUT2D eigenvalue weighted by molar-refractivity contribution is 0.0987. The highest BCUT2D eigenvalue weighted by molar-refractivity contribution is 5.91. The molecule has 0 bridgehead atoms. The van der Waals surface area contributed by atoms with Crippen molar-refractivity contribution in [1.29, 1.82) is 0 Å². The van der Waals surface area contributed by atoms with Crippen LogP contribution < -0.4 is 4.90 Å². The Kier molecular flexibility index (Phi) is 3.60. The summed E-state index contributed by atoms with van der Waals surface area (Å²) in [5.74, 6) is 1.31. The summed E-state index contributed by atoms with van der Waals surface area (Å²) in [7, 11) is 0. The van der Waals surface area contributed by atoms with Gasteiger partial charge >= 0.3 is 0 Å². The zero-order valence-corrected chi connectivity index (χ0v) is 11.6. The predicted molar refractivity (Wildman–Crippen MR) is 74.8 cm³/mol. The lowest BCUT2D eigenvalue weighted by Gasteiger charge is -2.37. The summed E-state index contributed by atoms with van der Waals surface area (Å²) >= 11 is 0. The molecule has 0 spiro atoms. The van der Waals surface area contributed by atoms with Crippen molar-refractivity contribution >= 4 is 11.7 Å². The monoisotopic (exact) mass is 262 g/mol. The molecule has 4 nitrogen and oxygen atoms in total. The van der Waals surface area contributed by atoms with E-state index < -0.39 is 0 Å². The van der Waals surface area contributed by atoms with Crippen LogP contribution in [0.2, 0.25) is 0 Å². The molecule has 0 N–H and O–H groups in total. The SMILES string of the molecule is CC(=O)c1ccc(N2CCN(C3CCCC3)CC2)o1. The number of hydrogen-bond donors (Lipinski definition) is 0. The molecule has 2 aliphatic rings. The molecule has 2 heterocycles. The van der Waals surface area contributed by atoms with Gasteiger partial charge in [0.15, 0.2) is 17.4 Å². The first-order valence-electron chi connectivity index (χ1n) is 7.34. The minimum absolute atomic E-state index is 0.00385. The maximum Gasteiger partial charge on any atom is 0.196 e. The first kappa shape index (κ1) is 12.7. The van der Waals surface area contributed by atoms with Crippen molar-refractivity contribution in [1.82, 2.24) is 4.90 Å². The van der Waals surface area contributed by atoms with Gasteiger partial charge < -0.3 is 9.32 Å². The van der Waals surface area contributed by atoms with E-state index >= 15 is 0 Å². The molecule has 1 aromatic rings. The van der Waals surface area contributed by atoms with E-state index in [9.17, 15) is 4.79 Å². The van der Waals surface area contributed by atoms with Crippen molar-refractivity contribution in [2.75, 3.05) is 31.1 Å². The molecule has 1 aliphatic carbocycles. The largest absolute Gasteiger partial charge is 0.437 e. The third-order valence-corrected chi connectivity index (χ3v) is 4.41. The maximum absolute atomic E-state index is 11.2. The highest BCUT2D eigenvalue weighted by atomic mass is 16.4. The van der Waals surface area contributed by atoms with Crippen molar-refractivity contribution in [3.05, 3.63) is 17.9 Å². The van der Waals surface area contributed by atoms with Crippen LogP contribution in [0, 0.1) is 0 Å². The fourth-order valence-corrected chi connectivity index (χ4v) is 3.26. The van der Waals surface area contributed by atoms with Crippen LogP contribution in [0.1, 0.15) is 43.2 Å². The number of anilines is 1. The molecule has 1 saturated carbocycles. The first-order valence-corrected chi connectivity index (χ1v) is 7.34. The Balaban J connectivity index is 1.58. The fraction of sp³-hybridized carbons (Fsp3) is 0.667. The molecule has 0 amide bonds. The molecule has 1 aliphatic heterocycles. The Morgan fingerprint density at radius 2 is 1.84 bits per heavy atom. The number of furan rings is 1. The third kappa shape index (κ3) is 2.68. The average molecular weight is 262 g/mol. The van der Waals surface area contributed by atoms with Crippen molar-refractivity contribution in [2.45, 2.75) is 38.6 Å². The van der Waals surface area contributed by atoms with Crippen LogP contribution in [-0.2, 0) is 0 Å². The van der Waals surface area contributed by atoms with Gasteiger partial charge in [-0.2, -0.15) is 0 Å². The summed E-state index contributed by atoms with van der Waals surface area (Å²) in [6.07, 6.45) is 5.53. The third-order valence-electron chi connectivity index (χ3n) is 4.41. The Bertz CT molecular complexity index is 441. The summed E-state index contributed by atoms with van der Waals surface area (Å²) < 4.78 is 5.60. The van der Waals surface area contributed by atoms with Gasteiger partial charge in [-0.1, -0.05) is 12.8 Å². The molecular weight excluding hydrogens is 240 g/mol. The second kappa shape index (κ2) is 5.37. The molecule has 1 aromatic heterocycles. The van der Waals surface area contributed by atoms with Gasteiger partial charge in [0.2, 0.25) is 0 Å². The quantitative estimate of drug-likeness (QED) is 0.784. The average Bonchev–Trinajstić information content (AvgIpc) is 3.11. The minimum atomic E-state index is -0.00385. The van der Waals surface area contributed by atoms with Crippen LogP contribution in [0.3, 0.4) is 0 Å². The van der Waals surface area contributed by atoms with Crippen molar-refractivity contribution in [3.63, 3.8) is 0 Å². The van der Waals surface area contributed by atoms with Crippen LogP contribution in [0.4, 0.5) is 5.88 Å². The summed E-state index contributed by atoms with van der Waals surface area (Å²) in [5.41, 5.74) is 0. The van der Waals surface area contributed by atoms with Gasteiger partial charge in [0.1, 0.15) is 0 Å². The molecule has 1 saturated heterocycles. The van der Waals surface area contributed by atoms with Gasteiger partial charge in [-0.05, 0) is 18.9 Å². The number of Topliss-reactive ketones (excluding diaryl/α,β-unsaturated/α-hetero) is 1. The number of carbonyl (C=O) groups is 1. The van der Waals surface area contributed by atoms with Crippen LogP contribution in [0.5, 0.6) is 0 Å². The zero-order valence-electron chi connectivity index (χ0n) is 11.6. The van der Waals surface area contributed by atoms with Gasteiger partial charge in [-0.3, -0.25) is 9.69 Å². The molecular formula is C15H22N2O2. The number of carbonyl (C=O) groups excluding carboxylic acids is 1. The summed E-state index contributed by atoms with van der Waals surface area (Å²) in [6.45, 7) is 5.77. The van der Waals surface area contributed by atoms with Crippen LogP contribution >= 0.6 is 0 Å². The Labute approximate surface area is 114 Å². The van der Waals surface area contributed by atoms with Gasteiger partial charge in [0.05, 0.1) is 0 Å². The molecule has 2 fully saturated rings. The van der Waals surface area contributed by atoms with Gasteiger partial charge in [-0.25, -0.2) is 0 Å². The number of hydrogen-bond acceptors (Lipinski definition) is 4. The molecule has 0 atom stereocenters. The fourth-order valence-electron chi connectivity index (χ4n) is 3.26. The van der Waals surface area contributed by atoms with Crippen molar-refractivity contribution in [2.24, 2.45) is 0 Å². The van der Waals surface area contributed by atoms with E-state index in [0.717, 1.165) is 38.1 Å². The summed E-state index contributed by atoms with van der Waals surface area (Å²) in [6, 6.07) is 4.51. The van der Waals surface area contributed by atoms with E-state index in [-0.39, 0.29) is 5.78 Å². The number of ketones is 1. The Morgan fingerprint density at radius 1 is 1.16 bits per heavy atom. The normalized spacial score (nSPS) is 22.1. The van der Waals surface area contributed by atoms with Crippen molar-refractivity contribution < 1.29 is 9.21 Å². The second-order valence-corrected chi connectivity index (χ2v) is 5.66. The minimum Gasteiger partial charge on any atom is -0.437 e. The number of rotatable bonds is 3. The molecule has 104 valence electrons.